The summed E-state index contributed by atoms with van der Waals surface area (Å²) in [5.41, 5.74) is 6.80. The average molecular weight is 782 g/mol. The van der Waals surface area contributed by atoms with Crippen molar-refractivity contribution in [1.29, 1.82) is 0 Å². The predicted molar refractivity (Wildman–Crippen MR) is 241 cm³/mol. The molecule has 0 N–H and O–H groups in total. The topological polar surface area (TPSA) is 64.5 Å². The van der Waals surface area contributed by atoms with E-state index in [2.05, 4.69) is 140 Å². The molecule has 8 heteroatoms. The van der Waals surface area contributed by atoms with Gasteiger partial charge < -0.3 is 0 Å². The van der Waals surface area contributed by atoms with Crippen LogP contribution in [0.25, 0.3) is 117 Å². The number of nitrogens with zero attached hydrogens (tertiary/aromatic N) is 5. The highest BCUT2D eigenvalue weighted by Gasteiger charge is 2.22. The largest absolute Gasteiger partial charge is 0.226 e. The third-order valence-corrected chi connectivity index (χ3v) is 14.0. The van der Waals surface area contributed by atoms with Gasteiger partial charge in [-0.1, -0.05) is 121 Å². The Bertz CT molecular complexity index is 3530. The molecule has 5 aromatic heterocycles. The molecule has 0 aliphatic heterocycles. The summed E-state index contributed by atoms with van der Waals surface area (Å²) < 4.78 is 7.10. The second-order valence-electron chi connectivity index (χ2n) is 14.0. The number of hydrogen-bond acceptors (Lipinski definition) is 8. The van der Waals surface area contributed by atoms with E-state index in [1.165, 1.54) is 24.9 Å². The van der Waals surface area contributed by atoms with Gasteiger partial charge in [-0.15, -0.1) is 34.0 Å². The third-order valence-electron chi connectivity index (χ3n) is 10.6. The second-order valence-corrected chi connectivity index (χ2v) is 17.2. The van der Waals surface area contributed by atoms with Crippen molar-refractivity contribution in [3.8, 4) is 56.8 Å². The standard InChI is InChI=1S/C49H27N5S3/c1-3-13-28(14-4-1)43-45-44(32-18-8-10-22-37(32)57-45)51-48(50-43)33-19-11-23-39-41(33)42-34(20-12-24-40(42)56-39)49-53-46(29-15-5-2-6-16-29)52-47(54-49)30-25-26-38-35(27-30)31-17-7-9-21-36(31)55-38/h1-27H. The van der Waals surface area contributed by atoms with Gasteiger partial charge in [-0.25, -0.2) is 24.9 Å². The SMILES string of the molecule is c1ccc(-c2nc(-c3ccc4sc5ccccc5c4c3)nc(-c3cccc4sc5cccc(-c6nc(-c7ccccc7)c7sc8ccccc8c7n6)c5c34)n2)cc1. The van der Waals surface area contributed by atoms with Gasteiger partial charge in [0.1, 0.15) is 0 Å². The summed E-state index contributed by atoms with van der Waals surface area (Å²) in [6.07, 6.45) is 0. The zero-order valence-corrected chi connectivity index (χ0v) is 32.5. The lowest BCUT2D eigenvalue weighted by Crippen LogP contribution is -2.00. The Morgan fingerprint density at radius 2 is 0.842 bits per heavy atom. The molecule has 266 valence electrons. The van der Waals surface area contributed by atoms with E-state index in [4.69, 9.17) is 24.9 Å². The monoisotopic (exact) mass is 781 g/mol. The second kappa shape index (κ2) is 12.9. The molecule has 0 bridgehead atoms. The minimum Gasteiger partial charge on any atom is -0.226 e. The lowest BCUT2D eigenvalue weighted by Gasteiger charge is -2.11. The van der Waals surface area contributed by atoms with Gasteiger partial charge in [0, 0.05) is 78.2 Å². The highest BCUT2D eigenvalue weighted by molar-refractivity contribution is 7.27. The van der Waals surface area contributed by atoms with Crippen LogP contribution in [0.1, 0.15) is 0 Å². The smallest absolute Gasteiger partial charge is 0.164 e. The van der Waals surface area contributed by atoms with Crippen LogP contribution in [0.5, 0.6) is 0 Å². The van der Waals surface area contributed by atoms with Gasteiger partial charge >= 0.3 is 0 Å². The first-order chi connectivity index (χ1) is 28.2. The van der Waals surface area contributed by atoms with Gasteiger partial charge in [0.2, 0.25) is 0 Å². The molecule has 0 unspecified atom stereocenters. The molecule has 0 spiro atoms. The summed E-state index contributed by atoms with van der Waals surface area (Å²) in [4.78, 5) is 26.4. The molecule has 5 heterocycles. The minimum atomic E-state index is 0.624. The lowest BCUT2D eigenvalue weighted by atomic mass is 10.0. The zero-order valence-electron chi connectivity index (χ0n) is 30.0. The van der Waals surface area contributed by atoms with Gasteiger partial charge in [0.05, 0.1) is 15.9 Å². The summed E-state index contributed by atoms with van der Waals surface area (Å²) in [5.74, 6) is 2.59. The van der Waals surface area contributed by atoms with E-state index in [1.807, 2.05) is 35.6 Å². The molecular weight excluding hydrogens is 755 g/mol. The molecular formula is C49H27N5S3. The number of benzene rings is 7. The van der Waals surface area contributed by atoms with Crippen molar-refractivity contribution in [2.75, 3.05) is 0 Å². The molecule has 12 aromatic rings. The number of aromatic nitrogens is 5. The van der Waals surface area contributed by atoms with E-state index < -0.39 is 0 Å². The molecule has 0 aliphatic rings. The third kappa shape index (κ3) is 5.29. The van der Waals surface area contributed by atoms with E-state index in [0.717, 1.165) is 69.3 Å². The minimum absolute atomic E-state index is 0.624. The van der Waals surface area contributed by atoms with E-state index in [1.54, 1.807) is 22.7 Å². The Balaban J connectivity index is 1.12. The quantitative estimate of drug-likeness (QED) is 0.174. The molecule has 0 saturated heterocycles. The van der Waals surface area contributed by atoms with Crippen LogP contribution < -0.4 is 0 Å². The highest BCUT2D eigenvalue weighted by Crippen LogP contribution is 2.46. The maximum atomic E-state index is 5.39. The van der Waals surface area contributed by atoms with Crippen LogP contribution >= 0.6 is 34.0 Å². The molecule has 0 radical (unpaired) electrons. The van der Waals surface area contributed by atoms with E-state index in [9.17, 15) is 0 Å². The summed E-state index contributed by atoms with van der Waals surface area (Å²) in [5, 5.41) is 5.77. The first-order valence-electron chi connectivity index (χ1n) is 18.7. The van der Waals surface area contributed by atoms with Crippen LogP contribution in [0.2, 0.25) is 0 Å². The Hall–Kier alpha value is -6.71. The van der Waals surface area contributed by atoms with E-state index in [-0.39, 0.29) is 0 Å². The average Bonchev–Trinajstić information content (AvgIpc) is 3.97. The van der Waals surface area contributed by atoms with Crippen LogP contribution in [0.4, 0.5) is 0 Å². The molecule has 0 saturated carbocycles. The van der Waals surface area contributed by atoms with E-state index in [0.29, 0.717) is 23.3 Å². The Morgan fingerprint density at radius 1 is 0.316 bits per heavy atom. The maximum Gasteiger partial charge on any atom is 0.164 e. The number of thiophene rings is 3. The molecule has 0 aliphatic carbocycles. The van der Waals surface area contributed by atoms with Crippen molar-refractivity contribution in [2.24, 2.45) is 0 Å². The molecule has 12 rings (SSSR count). The maximum absolute atomic E-state index is 5.39. The van der Waals surface area contributed by atoms with Gasteiger partial charge in [0.25, 0.3) is 0 Å². The fourth-order valence-corrected chi connectivity index (χ4v) is 11.3. The number of hydrogen-bond donors (Lipinski definition) is 0. The molecule has 0 amide bonds. The summed E-state index contributed by atoms with van der Waals surface area (Å²) in [7, 11) is 0. The predicted octanol–water partition coefficient (Wildman–Crippen LogP) is 14.1. The first kappa shape index (κ1) is 32.5. The van der Waals surface area contributed by atoms with E-state index >= 15 is 0 Å². The fourth-order valence-electron chi connectivity index (χ4n) is 7.95. The van der Waals surface area contributed by atoms with Crippen molar-refractivity contribution < 1.29 is 0 Å². The van der Waals surface area contributed by atoms with Crippen LogP contribution in [-0.2, 0) is 0 Å². The van der Waals surface area contributed by atoms with Crippen LogP contribution in [0.15, 0.2) is 164 Å². The van der Waals surface area contributed by atoms with Crippen molar-refractivity contribution in [3.05, 3.63) is 164 Å². The highest BCUT2D eigenvalue weighted by atomic mass is 32.1. The summed E-state index contributed by atoms with van der Waals surface area (Å²) >= 11 is 5.33. The van der Waals surface area contributed by atoms with Crippen molar-refractivity contribution in [2.45, 2.75) is 0 Å². The van der Waals surface area contributed by atoms with Crippen molar-refractivity contribution >= 4 is 94.7 Å². The number of rotatable bonds is 5. The molecule has 7 aromatic carbocycles. The number of fused-ring (bicyclic) bond motifs is 9. The van der Waals surface area contributed by atoms with Crippen LogP contribution in [0.3, 0.4) is 0 Å². The van der Waals surface area contributed by atoms with Crippen LogP contribution in [-0.4, -0.2) is 24.9 Å². The Morgan fingerprint density at radius 3 is 1.56 bits per heavy atom. The van der Waals surface area contributed by atoms with Crippen molar-refractivity contribution in [3.63, 3.8) is 0 Å². The molecule has 5 nitrogen and oxygen atoms in total. The summed E-state index contributed by atoms with van der Waals surface area (Å²) in [6.45, 7) is 0. The molecule has 0 atom stereocenters. The molecule has 57 heavy (non-hydrogen) atoms. The fraction of sp³-hybridized carbons (Fsp3) is 0. The normalized spacial score (nSPS) is 11.9. The lowest BCUT2D eigenvalue weighted by molar-refractivity contribution is 1.08. The van der Waals surface area contributed by atoms with Crippen LogP contribution in [0, 0.1) is 0 Å². The van der Waals surface area contributed by atoms with Gasteiger partial charge in [0.15, 0.2) is 23.3 Å². The Labute approximate surface area is 338 Å². The van der Waals surface area contributed by atoms with Crippen molar-refractivity contribution in [1.82, 2.24) is 24.9 Å². The van der Waals surface area contributed by atoms with Gasteiger partial charge in [-0.05, 0) is 42.5 Å². The Kier molecular flexibility index (Phi) is 7.38. The zero-order chi connectivity index (χ0) is 37.5. The van der Waals surface area contributed by atoms with Gasteiger partial charge in [-0.2, -0.15) is 0 Å². The first-order valence-corrected chi connectivity index (χ1v) is 21.1. The molecule has 0 fully saturated rings. The summed E-state index contributed by atoms with van der Waals surface area (Å²) in [6, 6.07) is 57.2. The van der Waals surface area contributed by atoms with Gasteiger partial charge in [-0.3, -0.25) is 0 Å².